The van der Waals surface area contributed by atoms with Gasteiger partial charge < -0.3 is 0 Å². The van der Waals surface area contributed by atoms with Gasteiger partial charge in [0.05, 0.1) is 5.56 Å². The minimum Gasteiger partial charge on any atom is -0.292 e. The number of pyridine rings is 1. The van der Waals surface area contributed by atoms with E-state index in [0.717, 1.165) is 37.9 Å². The molecule has 2 saturated heterocycles. The van der Waals surface area contributed by atoms with E-state index >= 15 is 0 Å². The fourth-order valence-electron chi connectivity index (χ4n) is 3.19. The van der Waals surface area contributed by atoms with Crippen molar-refractivity contribution < 1.29 is 18.0 Å². The standard InChI is InChI=1S/C15H16F3NOS/c16-15(17,18)10-4-5-13(19-8-10)14(20)9-6-11-2-1-3-12(7-9)21-11/h4-5,8-9,11-12H,1-3,6-7H2. The van der Waals surface area contributed by atoms with Gasteiger partial charge in [0, 0.05) is 22.6 Å². The van der Waals surface area contributed by atoms with Gasteiger partial charge in [0.2, 0.25) is 0 Å². The number of fused-ring (bicyclic) bond motifs is 2. The number of rotatable bonds is 2. The molecule has 2 fully saturated rings. The van der Waals surface area contributed by atoms with Crippen molar-refractivity contribution in [2.75, 3.05) is 0 Å². The van der Waals surface area contributed by atoms with Crippen molar-refractivity contribution in [1.82, 2.24) is 4.98 Å². The van der Waals surface area contributed by atoms with Crippen molar-refractivity contribution in [3.05, 3.63) is 29.6 Å². The number of hydrogen-bond donors (Lipinski definition) is 0. The van der Waals surface area contributed by atoms with Gasteiger partial charge in [-0.3, -0.25) is 9.78 Å². The van der Waals surface area contributed by atoms with Gasteiger partial charge >= 0.3 is 6.18 Å². The topological polar surface area (TPSA) is 30.0 Å². The molecule has 0 saturated carbocycles. The Labute approximate surface area is 125 Å². The summed E-state index contributed by atoms with van der Waals surface area (Å²) in [5.41, 5.74) is -0.645. The molecular weight excluding hydrogens is 299 g/mol. The van der Waals surface area contributed by atoms with Gasteiger partial charge in [-0.1, -0.05) is 6.42 Å². The maximum absolute atomic E-state index is 12.5. The number of nitrogens with zero attached hydrogens (tertiary/aromatic N) is 1. The van der Waals surface area contributed by atoms with Crippen molar-refractivity contribution in [3.63, 3.8) is 0 Å². The molecule has 3 rings (SSSR count). The van der Waals surface area contributed by atoms with E-state index in [9.17, 15) is 18.0 Å². The average molecular weight is 315 g/mol. The lowest BCUT2D eigenvalue weighted by atomic mass is 9.85. The second-order valence-corrected chi connectivity index (χ2v) is 7.38. The number of carbonyl (C=O) groups is 1. The molecule has 1 aromatic rings. The molecule has 21 heavy (non-hydrogen) atoms. The number of thioether (sulfide) groups is 1. The summed E-state index contributed by atoms with van der Waals surface area (Å²) in [6.07, 6.45) is 1.53. The molecule has 0 spiro atoms. The highest BCUT2D eigenvalue weighted by atomic mass is 32.2. The number of Topliss-reactive ketones (excluding diaryl/α,β-unsaturated/α-hetero) is 1. The molecule has 2 atom stereocenters. The first-order chi connectivity index (χ1) is 9.93. The van der Waals surface area contributed by atoms with Crippen LogP contribution in [-0.2, 0) is 6.18 Å². The van der Waals surface area contributed by atoms with Crippen molar-refractivity contribution >= 4 is 17.5 Å². The van der Waals surface area contributed by atoms with Crippen LogP contribution < -0.4 is 0 Å². The quantitative estimate of drug-likeness (QED) is 0.760. The third-order valence-corrected chi connectivity index (χ3v) is 5.87. The van der Waals surface area contributed by atoms with Crippen molar-refractivity contribution in [1.29, 1.82) is 0 Å². The summed E-state index contributed by atoms with van der Waals surface area (Å²) >= 11 is 1.97. The molecule has 0 aliphatic carbocycles. The van der Waals surface area contributed by atoms with E-state index in [1.54, 1.807) is 0 Å². The lowest BCUT2D eigenvalue weighted by Crippen LogP contribution is -2.33. The molecule has 2 aliphatic rings. The Balaban J connectivity index is 1.73. The maximum atomic E-state index is 12.5. The molecule has 2 nitrogen and oxygen atoms in total. The van der Waals surface area contributed by atoms with Crippen LogP contribution in [0, 0.1) is 5.92 Å². The third-order valence-electron chi connectivity index (χ3n) is 4.25. The molecule has 0 radical (unpaired) electrons. The van der Waals surface area contributed by atoms with Crippen molar-refractivity contribution in [2.45, 2.75) is 48.8 Å². The average Bonchev–Trinajstić information content (AvgIpc) is 2.45. The number of halogens is 3. The Kier molecular flexibility index (Phi) is 3.99. The summed E-state index contributed by atoms with van der Waals surface area (Å²) in [7, 11) is 0. The monoisotopic (exact) mass is 315 g/mol. The van der Waals surface area contributed by atoms with Crippen LogP contribution in [0.2, 0.25) is 0 Å². The summed E-state index contributed by atoms with van der Waals surface area (Å²) in [6.45, 7) is 0. The normalized spacial score (nSPS) is 29.2. The van der Waals surface area contributed by atoms with Crippen molar-refractivity contribution in [2.24, 2.45) is 5.92 Å². The minimum absolute atomic E-state index is 0.0780. The molecule has 3 heterocycles. The highest BCUT2D eigenvalue weighted by Gasteiger charge is 2.37. The summed E-state index contributed by atoms with van der Waals surface area (Å²) in [5, 5.41) is 1.06. The lowest BCUT2D eigenvalue weighted by Gasteiger charge is -2.37. The molecule has 1 aromatic heterocycles. The number of ketones is 1. The van der Waals surface area contributed by atoms with Crippen LogP contribution in [0.15, 0.2) is 18.3 Å². The van der Waals surface area contributed by atoms with Gasteiger partial charge in [-0.05, 0) is 37.8 Å². The van der Waals surface area contributed by atoms with E-state index in [4.69, 9.17) is 0 Å². The fraction of sp³-hybridized carbons (Fsp3) is 0.600. The zero-order chi connectivity index (χ0) is 15.0. The number of alkyl halides is 3. The molecule has 2 bridgehead atoms. The predicted octanol–water partition coefficient (Wildman–Crippen LogP) is 4.35. The molecule has 0 N–H and O–H groups in total. The third kappa shape index (κ3) is 3.25. The molecule has 114 valence electrons. The second-order valence-electron chi connectivity index (χ2n) is 5.77. The number of aromatic nitrogens is 1. The van der Waals surface area contributed by atoms with E-state index < -0.39 is 11.7 Å². The van der Waals surface area contributed by atoms with E-state index in [1.165, 1.54) is 12.5 Å². The smallest absolute Gasteiger partial charge is 0.292 e. The highest BCUT2D eigenvalue weighted by Crippen LogP contribution is 2.44. The first-order valence-corrected chi connectivity index (χ1v) is 8.10. The molecule has 6 heteroatoms. The second kappa shape index (κ2) is 5.63. The number of carbonyl (C=O) groups excluding carboxylic acids is 1. The van der Waals surface area contributed by atoms with Crippen LogP contribution in [-0.4, -0.2) is 21.3 Å². The summed E-state index contributed by atoms with van der Waals surface area (Å²) in [4.78, 5) is 16.2. The summed E-state index contributed by atoms with van der Waals surface area (Å²) in [6, 6.07) is 2.15. The highest BCUT2D eigenvalue weighted by molar-refractivity contribution is 8.00. The predicted molar refractivity (Wildman–Crippen MR) is 75.3 cm³/mol. The Morgan fingerprint density at radius 1 is 1.19 bits per heavy atom. The first-order valence-electron chi connectivity index (χ1n) is 7.16. The van der Waals surface area contributed by atoms with E-state index in [1.807, 2.05) is 11.8 Å². The van der Waals surface area contributed by atoms with Crippen LogP contribution in [0.3, 0.4) is 0 Å². The van der Waals surface area contributed by atoms with Gasteiger partial charge in [-0.15, -0.1) is 0 Å². The molecule has 2 aliphatic heterocycles. The fourth-order valence-corrected chi connectivity index (χ4v) is 5.03. The van der Waals surface area contributed by atoms with Crippen LogP contribution in [0.4, 0.5) is 13.2 Å². The number of hydrogen-bond acceptors (Lipinski definition) is 3. The summed E-state index contributed by atoms with van der Waals surface area (Å²) < 4.78 is 37.5. The zero-order valence-electron chi connectivity index (χ0n) is 11.4. The zero-order valence-corrected chi connectivity index (χ0v) is 12.2. The van der Waals surface area contributed by atoms with E-state index in [2.05, 4.69) is 4.98 Å². The molecule has 0 aromatic carbocycles. The SMILES string of the molecule is O=C(c1ccc(C(F)(F)F)cn1)C1CC2CCCC(C1)S2. The Morgan fingerprint density at radius 2 is 1.86 bits per heavy atom. The van der Waals surface area contributed by atoms with E-state index in [0.29, 0.717) is 10.5 Å². The lowest BCUT2D eigenvalue weighted by molar-refractivity contribution is -0.137. The molecule has 0 amide bonds. The van der Waals surface area contributed by atoms with Crippen LogP contribution in [0.1, 0.15) is 48.2 Å². The van der Waals surface area contributed by atoms with Crippen molar-refractivity contribution in [3.8, 4) is 0 Å². The Morgan fingerprint density at radius 3 is 2.38 bits per heavy atom. The van der Waals surface area contributed by atoms with Crippen LogP contribution in [0.5, 0.6) is 0 Å². The van der Waals surface area contributed by atoms with Gasteiger partial charge in [0.15, 0.2) is 5.78 Å². The molecular formula is C15H16F3NOS. The van der Waals surface area contributed by atoms with Gasteiger partial charge in [0.1, 0.15) is 5.69 Å². The minimum atomic E-state index is -4.41. The van der Waals surface area contributed by atoms with Crippen LogP contribution >= 0.6 is 11.8 Å². The maximum Gasteiger partial charge on any atom is 0.417 e. The summed E-state index contributed by atoms with van der Waals surface area (Å²) in [5.74, 6) is -0.174. The van der Waals surface area contributed by atoms with E-state index in [-0.39, 0.29) is 17.4 Å². The molecule has 2 unspecified atom stereocenters. The van der Waals surface area contributed by atoms with Gasteiger partial charge in [0.25, 0.3) is 0 Å². The van der Waals surface area contributed by atoms with Gasteiger partial charge in [-0.25, -0.2) is 0 Å². The first kappa shape index (κ1) is 14.9. The van der Waals surface area contributed by atoms with Gasteiger partial charge in [-0.2, -0.15) is 24.9 Å². The Hall–Kier alpha value is -1.04. The Bertz CT molecular complexity index is 517. The van der Waals surface area contributed by atoms with Crippen LogP contribution in [0.25, 0.3) is 0 Å². The largest absolute Gasteiger partial charge is 0.417 e.